The summed E-state index contributed by atoms with van der Waals surface area (Å²) < 4.78 is 37.9. The highest BCUT2D eigenvalue weighted by atomic mass is 16.7. The Bertz CT molecular complexity index is 1750. The van der Waals surface area contributed by atoms with Crippen LogP contribution in [-0.4, -0.2) is 183 Å². The SMILES string of the molecule is CC[C@H]1OC(=O)[C@H](C)[C@@H](O[C@H]2C[C@@](C)(OC)[C@@H](O)[C@H](C)O2)[C@H](C)[C@@H](O[C@@H]2O[C@H](C)C[C@H](N(C)C)[C@H]2O)[C@](C)(O)C[C@@H](C)CN(CCCNC(=O)Cc2ccc([N+](=O)[O-])cc2)[C@H](C)[C@@H](O)[C@]1(C)O. The molecule has 19 nitrogen and oxygen atoms in total. The highest BCUT2D eigenvalue weighted by molar-refractivity contribution is 5.78. The number of amides is 1. The zero-order chi connectivity index (χ0) is 50.3. The number of nitro groups is 1. The van der Waals surface area contributed by atoms with Crippen LogP contribution in [0.15, 0.2) is 24.3 Å². The first-order valence-electron chi connectivity index (χ1n) is 23.9. The second-order valence-electron chi connectivity index (χ2n) is 20.5. The van der Waals surface area contributed by atoms with E-state index >= 15 is 0 Å². The van der Waals surface area contributed by atoms with Crippen LogP contribution in [0.1, 0.15) is 107 Å². The molecule has 3 heterocycles. The summed E-state index contributed by atoms with van der Waals surface area (Å²) in [5.41, 5.74) is -4.16. The summed E-state index contributed by atoms with van der Waals surface area (Å²) in [7, 11) is 5.21. The number of ether oxygens (including phenoxy) is 6. The van der Waals surface area contributed by atoms with Crippen LogP contribution in [-0.2, 0) is 44.4 Å². The zero-order valence-electron chi connectivity index (χ0n) is 42.0. The minimum absolute atomic E-state index is 0.0230. The van der Waals surface area contributed by atoms with E-state index in [1.54, 1.807) is 48.5 Å². The second-order valence-corrected chi connectivity index (χ2v) is 20.5. The number of esters is 1. The highest BCUT2D eigenvalue weighted by Gasteiger charge is 2.53. The Kier molecular flexibility index (Phi) is 20.1. The summed E-state index contributed by atoms with van der Waals surface area (Å²) in [6.45, 7) is 18.2. The quantitative estimate of drug-likeness (QED) is 0.0679. The third-order valence-corrected chi connectivity index (χ3v) is 14.5. The molecule has 1 aromatic rings. The number of carbonyl (C=O) groups is 2. The predicted molar refractivity (Wildman–Crippen MR) is 248 cm³/mol. The van der Waals surface area contributed by atoms with E-state index in [0.29, 0.717) is 31.5 Å². The lowest BCUT2D eigenvalue weighted by Gasteiger charge is -2.48. The van der Waals surface area contributed by atoms with Gasteiger partial charge in [-0.05, 0) is 99.7 Å². The van der Waals surface area contributed by atoms with Crippen LogP contribution < -0.4 is 5.32 Å². The Morgan fingerprint density at radius 1 is 0.985 bits per heavy atom. The number of nitrogens with one attached hydrogen (secondary N) is 1. The van der Waals surface area contributed by atoms with E-state index in [0.717, 1.165) is 0 Å². The average molecular weight is 955 g/mol. The van der Waals surface area contributed by atoms with Crippen molar-refractivity contribution in [2.75, 3.05) is 40.8 Å². The monoisotopic (exact) mass is 955 g/mol. The third kappa shape index (κ3) is 14.1. The van der Waals surface area contributed by atoms with Gasteiger partial charge in [0.1, 0.15) is 30.0 Å². The number of benzene rings is 1. The molecule has 3 saturated heterocycles. The summed E-state index contributed by atoms with van der Waals surface area (Å²) in [5, 5.41) is 73.8. The van der Waals surface area contributed by atoms with Crippen LogP contribution in [0.2, 0.25) is 0 Å². The molecule has 0 aliphatic carbocycles. The fourth-order valence-corrected chi connectivity index (χ4v) is 10.4. The molecule has 3 aliphatic rings. The number of aliphatic hydroxyl groups is 5. The van der Waals surface area contributed by atoms with Crippen LogP contribution >= 0.6 is 0 Å². The van der Waals surface area contributed by atoms with E-state index < -0.39 is 101 Å². The topological polar surface area (TPSA) is 252 Å². The molecule has 3 fully saturated rings. The van der Waals surface area contributed by atoms with Gasteiger partial charge in [0.15, 0.2) is 12.6 Å². The summed E-state index contributed by atoms with van der Waals surface area (Å²) >= 11 is 0. The molecule has 3 aliphatic heterocycles. The lowest BCUT2D eigenvalue weighted by molar-refractivity contribution is -0.384. The van der Waals surface area contributed by atoms with Gasteiger partial charge < -0.3 is 64.2 Å². The Morgan fingerprint density at radius 2 is 1.63 bits per heavy atom. The lowest BCUT2D eigenvalue weighted by atomic mass is 9.77. The number of nitro benzene ring substituents is 1. The number of cyclic esters (lactones) is 1. The number of rotatable bonds is 14. The van der Waals surface area contributed by atoms with E-state index in [1.807, 2.05) is 37.7 Å². The lowest BCUT2D eigenvalue weighted by Crippen LogP contribution is -2.60. The van der Waals surface area contributed by atoms with E-state index in [1.165, 1.54) is 38.3 Å². The van der Waals surface area contributed by atoms with Crippen molar-refractivity contribution in [2.45, 2.75) is 198 Å². The van der Waals surface area contributed by atoms with Crippen molar-refractivity contribution in [3.05, 3.63) is 39.9 Å². The number of methoxy groups -OCH3 is 1. The molecule has 0 unspecified atom stereocenters. The molecule has 67 heavy (non-hydrogen) atoms. The van der Waals surface area contributed by atoms with Gasteiger partial charge in [0.05, 0.1) is 52.9 Å². The number of carbonyl (C=O) groups excluding carboxylic acids is 2. The molecular formula is C48H82N4O15. The number of likely N-dealkylation sites (N-methyl/N-ethyl adjacent to an activating group) is 1. The van der Waals surface area contributed by atoms with Gasteiger partial charge in [-0.15, -0.1) is 0 Å². The van der Waals surface area contributed by atoms with Crippen molar-refractivity contribution < 1.29 is 68.5 Å². The minimum Gasteiger partial charge on any atom is -0.459 e. The van der Waals surface area contributed by atoms with E-state index in [-0.39, 0.29) is 61.9 Å². The smallest absolute Gasteiger partial charge is 0.311 e. The molecule has 1 aromatic carbocycles. The molecule has 0 aromatic heterocycles. The molecule has 19 heteroatoms. The minimum atomic E-state index is -1.95. The molecule has 0 spiro atoms. The predicted octanol–water partition coefficient (Wildman–Crippen LogP) is 2.93. The molecule has 0 saturated carbocycles. The number of non-ortho nitro benzene ring substituents is 1. The van der Waals surface area contributed by atoms with E-state index in [9.17, 15) is 45.2 Å². The van der Waals surface area contributed by atoms with Crippen LogP contribution in [0.25, 0.3) is 0 Å². The second kappa shape index (κ2) is 23.8. The van der Waals surface area contributed by atoms with Gasteiger partial charge in [-0.2, -0.15) is 0 Å². The van der Waals surface area contributed by atoms with Gasteiger partial charge in [-0.3, -0.25) is 24.6 Å². The molecule has 0 radical (unpaired) electrons. The fraction of sp³-hybridized carbons (Fsp3) is 0.833. The fourth-order valence-electron chi connectivity index (χ4n) is 10.4. The van der Waals surface area contributed by atoms with Crippen molar-refractivity contribution in [1.29, 1.82) is 0 Å². The summed E-state index contributed by atoms with van der Waals surface area (Å²) in [6.07, 6.45) is -8.86. The number of hydrogen-bond acceptors (Lipinski definition) is 17. The van der Waals surface area contributed by atoms with Gasteiger partial charge in [0.25, 0.3) is 5.69 Å². The first kappa shape index (κ1) is 56.7. The highest BCUT2D eigenvalue weighted by Crippen LogP contribution is 2.40. The first-order valence-corrected chi connectivity index (χ1v) is 23.9. The Labute approximate surface area is 396 Å². The standard InChI is InChI=1S/C48H82N4O15/c1-14-36-48(10,59)41(55)31(6)51(21-15-20-49-37(53)23-33-16-18-34(19-17-33)52(60)61)26-27(2)24-46(8,58)43(67-45-39(54)35(50(11)12)22-28(3)63-45)29(4)40(30(5)44(57)65-36)66-38-25-47(9,62-13)42(56)32(7)64-38/h16-19,27-32,35-36,38-43,45,54-56,58-59H,14-15,20-26H2,1-13H3,(H,49,53)/t27-,28-,29+,30-,31-,32+,35+,36-,38+,39-,40+,41-,42+,43-,45+,46-,47-,48-/m1/s1. The van der Waals surface area contributed by atoms with Gasteiger partial charge in [0, 0.05) is 63.3 Å². The Morgan fingerprint density at radius 3 is 2.21 bits per heavy atom. The van der Waals surface area contributed by atoms with Gasteiger partial charge in [-0.1, -0.05) is 32.9 Å². The molecule has 0 bridgehead atoms. The summed E-state index contributed by atoms with van der Waals surface area (Å²) in [6, 6.07) is 4.72. The largest absolute Gasteiger partial charge is 0.459 e. The van der Waals surface area contributed by atoms with Crippen LogP contribution in [0.4, 0.5) is 5.69 Å². The average Bonchev–Trinajstić information content (AvgIpc) is 3.25. The maximum absolute atomic E-state index is 14.5. The number of hydrogen-bond donors (Lipinski definition) is 6. The first-order chi connectivity index (χ1) is 31.2. The summed E-state index contributed by atoms with van der Waals surface area (Å²) in [5.74, 6) is -3.25. The number of nitrogens with zero attached hydrogens (tertiary/aromatic N) is 3. The van der Waals surface area contributed by atoms with Crippen LogP contribution in [0, 0.1) is 27.9 Å². The summed E-state index contributed by atoms with van der Waals surface area (Å²) in [4.78, 5) is 41.9. The normalized spacial score (nSPS) is 40.9. The zero-order valence-corrected chi connectivity index (χ0v) is 42.0. The Balaban J connectivity index is 1.72. The van der Waals surface area contributed by atoms with Gasteiger partial charge in [-0.25, -0.2) is 0 Å². The molecule has 6 N–H and O–H groups in total. The van der Waals surface area contributed by atoms with Crippen molar-refractivity contribution >= 4 is 17.6 Å². The van der Waals surface area contributed by atoms with Crippen molar-refractivity contribution in [3.8, 4) is 0 Å². The maximum Gasteiger partial charge on any atom is 0.311 e. The molecule has 384 valence electrons. The third-order valence-electron chi connectivity index (χ3n) is 14.5. The molecule has 1 amide bonds. The van der Waals surface area contributed by atoms with Crippen LogP contribution in [0.5, 0.6) is 0 Å². The van der Waals surface area contributed by atoms with Crippen molar-refractivity contribution in [3.63, 3.8) is 0 Å². The van der Waals surface area contributed by atoms with Crippen molar-refractivity contribution in [1.82, 2.24) is 15.1 Å². The van der Waals surface area contributed by atoms with E-state index in [2.05, 4.69) is 5.32 Å². The maximum atomic E-state index is 14.5. The van der Waals surface area contributed by atoms with Crippen LogP contribution in [0.3, 0.4) is 0 Å². The Hall–Kier alpha value is -2.92. The van der Waals surface area contributed by atoms with Crippen molar-refractivity contribution in [2.24, 2.45) is 17.8 Å². The number of aliphatic hydroxyl groups excluding tert-OH is 3. The molecule has 4 rings (SSSR count). The van der Waals surface area contributed by atoms with Gasteiger partial charge >= 0.3 is 5.97 Å². The molecular weight excluding hydrogens is 873 g/mol. The van der Waals surface area contributed by atoms with Gasteiger partial charge in [0.2, 0.25) is 5.91 Å². The molecule has 18 atom stereocenters. The van der Waals surface area contributed by atoms with E-state index in [4.69, 9.17) is 28.4 Å².